The van der Waals surface area contributed by atoms with Crippen molar-refractivity contribution in [3.05, 3.63) is 70.8 Å². The van der Waals surface area contributed by atoms with Gasteiger partial charge in [0.1, 0.15) is 5.82 Å². The molecule has 4 rings (SSSR count). The van der Waals surface area contributed by atoms with Crippen molar-refractivity contribution in [2.45, 2.75) is 6.54 Å². The van der Waals surface area contributed by atoms with Gasteiger partial charge in [-0.05, 0) is 17.7 Å². The Morgan fingerprint density at radius 2 is 1.73 bits per heavy atom. The molecule has 1 N–H and O–H groups in total. The Bertz CT molecular complexity index is 919. The van der Waals surface area contributed by atoms with E-state index in [4.69, 9.17) is 0 Å². The fourth-order valence-electron chi connectivity index (χ4n) is 3.05. The third-order valence-corrected chi connectivity index (χ3v) is 5.40. The van der Waals surface area contributed by atoms with Crippen molar-refractivity contribution in [3.8, 4) is 22.6 Å². The molecule has 26 heavy (non-hydrogen) atoms. The summed E-state index contributed by atoms with van der Waals surface area (Å²) in [5.74, 6) is 3.01. The van der Waals surface area contributed by atoms with Gasteiger partial charge in [-0.15, -0.1) is 0 Å². The molecule has 0 amide bonds. The second-order valence-electron chi connectivity index (χ2n) is 6.30. The molecule has 0 atom stereocenters. The summed E-state index contributed by atoms with van der Waals surface area (Å²) in [6, 6.07) is 13.5. The normalized spacial score (nSPS) is 15.1. The van der Waals surface area contributed by atoms with Crippen LogP contribution in [0.2, 0.25) is 0 Å². The number of aromatic nitrogens is 3. The zero-order valence-corrected chi connectivity index (χ0v) is 15.2. The number of hydrogen-bond acceptors (Lipinski definition) is 5. The smallest absolute Gasteiger partial charge is 0.251 e. The van der Waals surface area contributed by atoms with Crippen molar-refractivity contribution in [1.29, 1.82) is 0 Å². The van der Waals surface area contributed by atoms with Crippen molar-refractivity contribution < 1.29 is 0 Å². The molecule has 3 aromatic rings. The van der Waals surface area contributed by atoms with Gasteiger partial charge in [-0.25, -0.2) is 4.98 Å². The molecule has 3 heterocycles. The van der Waals surface area contributed by atoms with Crippen LogP contribution in [0.5, 0.6) is 0 Å². The third kappa shape index (κ3) is 4.03. The summed E-state index contributed by atoms with van der Waals surface area (Å²) >= 11 is 2.02. The number of aromatic amines is 1. The average molecular weight is 364 g/mol. The first kappa shape index (κ1) is 17.0. The molecule has 5 nitrogen and oxygen atoms in total. The summed E-state index contributed by atoms with van der Waals surface area (Å²) in [6.45, 7) is 3.27. The van der Waals surface area contributed by atoms with E-state index in [1.165, 1.54) is 23.1 Å². The molecule has 0 aliphatic carbocycles. The summed E-state index contributed by atoms with van der Waals surface area (Å²) in [6.07, 6.45) is 3.40. The first-order valence-electron chi connectivity index (χ1n) is 8.69. The van der Waals surface area contributed by atoms with Crippen LogP contribution in [0.3, 0.4) is 0 Å². The second-order valence-corrected chi connectivity index (χ2v) is 7.53. The van der Waals surface area contributed by atoms with E-state index in [1.54, 1.807) is 12.4 Å². The van der Waals surface area contributed by atoms with E-state index in [2.05, 4.69) is 32.0 Å². The maximum absolute atomic E-state index is 12.1. The van der Waals surface area contributed by atoms with E-state index < -0.39 is 0 Å². The molecule has 0 unspecified atom stereocenters. The molecule has 1 aliphatic rings. The lowest BCUT2D eigenvalue weighted by atomic mass is 10.1. The van der Waals surface area contributed by atoms with Crippen molar-refractivity contribution in [1.82, 2.24) is 19.9 Å². The predicted molar refractivity (Wildman–Crippen MR) is 106 cm³/mol. The molecule has 1 aromatic carbocycles. The number of thioether (sulfide) groups is 1. The van der Waals surface area contributed by atoms with Gasteiger partial charge in [-0.1, -0.05) is 24.3 Å². The van der Waals surface area contributed by atoms with Gasteiger partial charge >= 0.3 is 0 Å². The molecule has 132 valence electrons. The number of hydrogen-bond donors (Lipinski definition) is 1. The van der Waals surface area contributed by atoms with Gasteiger partial charge in [0, 0.05) is 60.7 Å². The molecule has 6 heteroatoms. The first-order valence-corrected chi connectivity index (χ1v) is 9.84. The maximum Gasteiger partial charge on any atom is 0.251 e. The van der Waals surface area contributed by atoms with Crippen molar-refractivity contribution >= 4 is 11.8 Å². The number of pyridine rings is 1. The Hall–Kier alpha value is -2.44. The second kappa shape index (κ2) is 7.85. The summed E-state index contributed by atoms with van der Waals surface area (Å²) in [5, 5.41) is 0. The highest BCUT2D eigenvalue weighted by atomic mass is 32.2. The lowest BCUT2D eigenvalue weighted by Gasteiger charge is -2.26. The average Bonchev–Trinajstić information content (AvgIpc) is 2.70. The zero-order valence-electron chi connectivity index (χ0n) is 14.4. The number of H-pyrrole nitrogens is 1. The van der Waals surface area contributed by atoms with Crippen molar-refractivity contribution in [3.63, 3.8) is 0 Å². The van der Waals surface area contributed by atoms with Crippen LogP contribution in [0.4, 0.5) is 0 Å². The Kier molecular flexibility index (Phi) is 5.13. The summed E-state index contributed by atoms with van der Waals surface area (Å²) in [7, 11) is 0. The van der Waals surface area contributed by atoms with E-state index in [1.807, 2.05) is 36.0 Å². The van der Waals surface area contributed by atoms with Crippen LogP contribution in [0, 0.1) is 0 Å². The monoisotopic (exact) mass is 364 g/mol. The Labute approximate surface area is 156 Å². The van der Waals surface area contributed by atoms with Gasteiger partial charge in [0.2, 0.25) is 0 Å². The molecule has 0 radical (unpaired) electrons. The van der Waals surface area contributed by atoms with E-state index in [0.717, 1.165) is 30.8 Å². The first-order chi connectivity index (χ1) is 12.8. The Morgan fingerprint density at radius 1 is 1.00 bits per heavy atom. The van der Waals surface area contributed by atoms with E-state index >= 15 is 0 Å². The van der Waals surface area contributed by atoms with Gasteiger partial charge in [0.15, 0.2) is 0 Å². The fourth-order valence-corrected chi connectivity index (χ4v) is 4.03. The van der Waals surface area contributed by atoms with Crippen LogP contribution < -0.4 is 5.56 Å². The molecule has 1 saturated heterocycles. The van der Waals surface area contributed by atoms with Gasteiger partial charge in [-0.3, -0.25) is 14.7 Å². The van der Waals surface area contributed by atoms with Crippen LogP contribution in [0.15, 0.2) is 59.7 Å². The minimum Gasteiger partial charge on any atom is -0.306 e. The molecular weight excluding hydrogens is 344 g/mol. The largest absolute Gasteiger partial charge is 0.306 e. The van der Waals surface area contributed by atoms with Crippen LogP contribution in [-0.4, -0.2) is 44.4 Å². The minimum atomic E-state index is -0.156. The van der Waals surface area contributed by atoms with Gasteiger partial charge < -0.3 is 4.98 Å². The quantitative estimate of drug-likeness (QED) is 0.771. The molecule has 0 bridgehead atoms. The van der Waals surface area contributed by atoms with E-state index in [9.17, 15) is 4.79 Å². The molecule has 2 aromatic heterocycles. The third-order valence-electron chi connectivity index (χ3n) is 4.46. The van der Waals surface area contributed by atoms with Crippen molar-refractivity contribution in [2.75, 3.05) is 24.6 Å². The molecular formula is C20H20N4OS. The van der Waals surface area contributed by atoms with Crippen LogP contribution in [-0.2, 0) is 6.54 Å². The maximum atomic E-state index is 12.1. The molecule has 0 saturated carbocycles. The van der Waals surface area contributed by atoms with E-state index in [-0.39, 0.29) is 5.56 Å². The number of rotatable bonds is 4. The van der Waals surface area contributed by atoms with Gasteiger partial charge in [-0.2, -0.15) is 11.8 Å². The van der Waals surface area contributed by atoms with Gasteiger partial charge in [0.25, 0.3) is 5.56 Å². The number of benzene rings is 1. The SMILES string of the molecule is O=c1cc(-c2ccncc2)nc(-c2ccc(CN3CCSCC3)cc2)[nH]1. The van der Waals surface area contributed by atoms with Crippen LogP contribution in [0.1, 0.15) is 5.56 Å². The summed E-state index contributed by atoms with van der Waals surface area (Å²) in [4.78, 5) is 26.0. The number of nitrogens with zero attached hydrogens (tertiary/aromatic N) is 3. The summed E-state index contributed by atoms with van der Waals surface area (Å²) in [5.41, 5.74) is 3.58. The van der Waals surface area contributed by atoms with Crippen LogP contribution >= 0.6 is 11.8 Å². The Morgan fingerprint density at radius 3 is 2.46 bits per heavy atom. The zero-order chi connectivity index (χ0) is 17.8. The van der Waals surface area contributed by atoms with Crippen LogP contribution in [0.25, 0.3) is 22.6 Å². The minimum absolute atomic E-state index is 0.156. The van der Waals surface area contributed by atoms with E-state index in [0.29, 0.717) is 11.5 Å². The molecule has 0 spiro atoms. The topological polar surface area (TPSA) is 61.9 Å². The van der Waals surface area contributed by atoms with Crippen molar-refractivity contribution in [2.24, 2.45) is 0 Å². The number of nitrogens with one attached hydrogen (secondary N) is 1. The van der Waals surface area contributed by atoms with Gasteiger partial charge in [0.05, 0.1) is 5.69 Å². The summed E-state index contributed by atoms with van der Waals surface area (Å²) < 4.78 is 0. The standard InChI is InChI=1S/C20H20N4OS/c25-19-13-18(16-5-7-21-8-6-16)22-20(23-19)17-3-1-15(2-4-17)14-24-9-11-26-12-10-24/h1-8,13H,9-12,14H2,(H,22,23,25). The highest BCUT2D eigenvalue weighted by Gasteiger charge is 2.11. The fraction of sp³-hybridized carbons (Fsp3) is 0.250. The highest BCUT2D eigenvalue weighted by molar-refractivity contribution is 7.99. The highest BCUT2D eigenvalue weighted by Crippen LogP contribution is 2.20. The lowest BCUT2D eigenvalue weighted by molar-refractivity contribution is 0.294. The lowest BCUT2D eigenvalue weighted by Crippen LogP contribution is -2.31. The predicted octanol–water partition coefficient (Wildman–Crippen LogP) is 3.05. The molecule has 1 aliphatic heterocycles. The Balaban J connectivity index is 1.57. The molecule has 1 fully saturated rings.